The quantitative estimate of drug-likeness (QED) is 0.420. The maximum absolute atomic E-state index is 12.7. The SMILES string of the molecule is Cn1cnc2ncn(Cc3nc(C4C5CN(c6ccc7sccc7c6)C[C@H]54)no3)c(=O)c21. The van der Waals surface area contributed by atoms with Crippen molar-refractivity contribution in [1.29, 1.82) is 0 Å². The van der Waals surface area contributed by atoms with Crippen LogP contribution in [0.4, 0.5) is 5.69 Å². The first-order valence-corrected chi connectivity index (χ1v) is 11.4. The number of hydrogen-bond acceptors (Lipinski definition) is 8. The smallest absolute Gasteiger partial charge is 0.280 e. The van der Waals surface area contributed by atoms with E-state index in [2.05, 4.69) is 54.7 Å². The molecule has 0 radical (unpaired) electrons. The third-order valence-corrected chi connectivity index (χ3v) is 7.68. The molecule has 1 aliphatic heterocycles. The summed E-state index contributed by atoms with van der Waals surface area (Å²) in [5.41, 5.74) is 2.02. The summed E-state index contributed by atoms with van der Waals surface area (Å²) in [6.07, 6.45) is 3.07. The summed E-state index contributed by atoms with van der Waals surface area (Å²) in [6.45, 7) is 2.22. The normalized spacial score (nSPS) is 22.2. The van der Waals surface area contributed by atoms with Crippen LogP contribution in [0.5, 0.6) is 0 Å². The fourth-order valence-electron chi connectivity index (χ4n) is 5.07. The maximum atomic E-state index is 12.7. The van der Waals surface area contributed by atoms with E-state index in [1.165, 1.54) is 26.7 Å². The third-order valence-electron chi connectivity index (χ3n) is 6.78. The first-order valence-electron chi connectivity index (χ1n) is 10.6. The minimum atomic E-state index is -0.170. The van der Waals surface area contributed by atoms with Crippen molar-refractivity contribution in [2.24, 2.45) is 18.9 Å². The Morgan fingerprint density at radius 3 is 2.88 bits per heavy atom. The highest BCUT2D eigenvalue weighted by Crippen LogP contribution is 2.58. The number of anilines is 1. The van der Waals surface area contributed by atoms with Crippen LogP contribution in [-0.2, 0) is 13.6 Å². The molecule has 1 aromatic carbocycles. The van der Waals surface area contributed by atoms with E-state index < -0.39 is 0 Å². The Bertz CT molecular complexity index is 1530. The Morgan fingerprint density at radius 1 is 1.16 bits per heavy atom. The molecular formula is C22H19N7O2S. The topological polar surface area (TPSA) is 94.9 Å². The number of aromatic nitrogens is 6. The molecule has 1 aliphatic carbocycles. The lowest BCUT2D eigenvalue weighted by Gasteiger charge is -2.21. The zero-order valence-electron chi connectivity index (χ0n) is 17.3. The second-order valence-electron chi connectivity index (χ2n) is 8.65. The Morgan fingerprint density at radius 2 is 2.00 bits per heavy atom. The van der Waals surface area contributed by atoms with Gasteiger partial charge in [0.2, 0.25) is 5.89 Å². The van der Waals surface area contributed by atoms with Gasteiger partial charge < -0.3 is 14.0 Å². The van der Waals surface area contributed by atoms with Crippen LogP contribution in [0, 0.1) is 11.8 Å². The lowest BCUT2D eigenvalue weighted by Crippen LogP contribution is -2.23. The summed E-state index contributed by atoms with van der Waals surface area (Å²) in [4.78, 5) is 28.2. The number of hydrogen-bond donors (Lipinski definition) is 0. The van der Waals surface area contributed by atoms with Gasteiger partial charge in [0.25, 0.3) is 5.56 Å². The van der Waals surface area contributed by atoms with Gasteiger partial charge in [0.05, 0.1) is 6.33 Å². The lowest BCUT2D eigenvalue weighted by molar-refractivity contribution is 0.363. The molecule has 2 aliphatic rings. The van der Waals surface area contributed by atoms with Gasteiger partial charge in [0.15, 0.2) is 17.0 Å². The molecule has 160 valence electrons. The standard InChI is InChI=1S/C22H19N7O2S/c1-27-10-23-21-19(27)22(30)29(11-24-21)9-17-25-20(26-31-17)18-14-7-28(8-15(14)18)13-2-3-16-12(6-13)4-5-32-16/h2-6,10-11,14-15,18H,7-9H2,1H3/t14-,15?,18?/m1/s1. The van der Waals surface area contributed by atoms with E-state index >= 15 is 0 Å². The minimum Gasteiger partial charge on any atom is -0.371 e. The van der Waals surface area contributed by atoms with Gasteiger partial charge in [-0.05, 0) is 46.9 Å². The Kier molecular flexibility index (Phi) is 3.67. The summed E-state index contributed by atoms with van der Waals surface area (Å²) in [5.74, 6) is 2.62. The Balaban J connectivity index is 1.07. The zero-order chi connectivity index (χ0) is 21.4. The van der Waals surface area contributed by atoms with E-state index in [9.17, 15) is 4.79 Å². The fraction of sp³-hybridized carbons (Fsp3) is 0.318. The van der Waals surface area contributed by atoms with Gasteiger partial charge in [-0.3, -0.25) is 9.36 Å². The Hall–Kier alpha value is -3.53. The molecule has 9 nitrogen and oxygen atoms in total. The fourth-order valence-corrected chi connectivity index (χ4v) is 5.84. The van der Waals surface area contributed by atoms with Crippen LogP contribution in [0.1, 0.15) is 17.6 Å². The van der Waals surface area contributed by atoms with E-state index in [1.54, 1.807) is 29.3 Å². The van der Waals surface area contributed by atoms with Crippen molar-refractivity contribution in [2.75, 3.05) is 18.0 Å². The van der Waals surface area contributed by atoms with Gasteiger partial charge in [-0.25, -0.2) is 9.97 Å². The molecule has 2 unspecified atom stereocenters. The van der Waals surface area contributed by atoms with E-state index in [-0.39, 0.29) is 12.1 Å². The molecule has 32 heavy (non-hydrogen) atoms. The van der Waals surface area contributed by atoms with Gasteiger partial charge in [-0.2, -0.15) is 4.98 Å². The number of benzene rings is 1. The van der Waals surface area contributed by atoms with E-state index in [0.29, 0.717) is 34.8 Å². The molecule has 3 atom stereocenters. The van der Waals surface area contributed by atoms with Crippen molar-refractivity contribution in [3.8, 4) is 0 Å². The number of piperidine rings is 1. The van der Waals surface area contributed by atoms with Crippen molar-refractivity contribution in [2.45, 2.75) is 12.5 Å². The predicted molar refractivity (Wildman–Crippen MR) is 120 cm³/mol. The van der Waals surface area contributed by atoms with Crippen molar-refractivity contribution < 1.29 is 4.52 Å². The van der Waals surface area contributed by atoms with Gasteiger partial charge in [0, 0.05) is 36.4 Å². The number of fused-ring (bicyclic) bond motifs is 3. The van der Waals surface area contributed by atoms with E-state index in [1.807, 2.05) is 0 Å². The van der Waals surface area contributed by atoms with Crippen LogP contribution >= 0.6 is 11.3 Å². The zero-order valence-corrected chi connectivity index (χ0v) is 18.1. The van der Waals surface area contributed by atoms with Crippen LogP contribution in [-0.4, -0.2) is 42.3 Å². The highest BCUT2D eigenvalue weighted by atomic mass is 32.1. The number of aryl methyl sites for hydroxylation is 1. The van der Waals surface area contributed by atoms with Gasteiger partial charge in [-0.1, -0.05) is 5.16 Å². The molecule has 4 aromatic heterocycles. The molecule has 0 spiro atoms. The molecule has 0 N–H and O–H groups in total. The Labute approximate surface area is 185 Å². The molecule has 2 fully saturated rings. The number of imidazole rings is 1. The third kappa shape index (κ3) is 2.65. The summed E-state index contributed by atoms with van der Waals surface area (Å²) in [5, 5.41) is 7.68. The van der Waals surface area contributed by atoms with Crippen molar-refractivity contribution >= 4 is 38.3 Å². The van der Waals surface area contributed by atoms with Crippen molar-refractivity contribution in [3.63, 3.8) is 0 Å². The summed E-state index contributed by atoms with van der Waals surface area (Å²) < 4.78 is 9.97. The monoisotopic (exact) mass is 445 g/mol. The van der Waals surface area contributed by atoms with E-state index in [4.69, 9.17) is 4.52 Å². The average molecular weight is 446 g/mol. The first-order chi connectivity index (χ1) is 15.7. The highest BCUT2D eigenvalue weighted by Gasteiger charge is 2.58. The van der Waals surface area contributed by atoms with Crippen LogP contribution < -0.4 is 10.5 Å². The van der Waals surface area contributed by atoms with Gasteiger partial charge in [-0.15, -0.1) is 11.3 Å². The molecule has 1 saturated carbocycles. The molecule has 0 amide bonds. The molecular weight excluding hydrogens is 426 g/mol. The van der Waals surface area contributed by atoms with Crippen LogP contribution in [0.2, 0.25) is 0 Å². The van der Waals surface area contributed by atoms with Crippen LogP contribution in [0.3, 0.4) is 0 Å². The van der Waals surface area contributed by atoms with Crippen LogP contribution in [0.25, 0.3) is 21.3 Å². The van der Waals surface area contributed by atoms with Crippen molar-refractivity contribution in [1.82, 2.24) is 29.2 Å². The van der Waals surface area contributed by atoms with Gasteiger partial charge in [0.1, 0.15) is 12.9 Å². The molecule has 7 rings (SSSR count). The number of rotatable bonds is 4. The lowest BCUT2D eigenvalue weighted by atomic mass is 10.2. The number of nitrogens with zero attached hydrogens (tertiary/aromatic N) is 7. The average Bonchev–Trinajstić information content (AvgIpc) is 3.38. The van der Waals surface area contributed by atoms with E-state index in [0.717, 1.165) is 18.9 Å². The largest absolute Gasteiger partial charge is 0.371 e. The highest BCUT2D eigenvalue weighted by molar-refractivity contribution is 7.17. The summed E-state index contributed by atoms with van der Waals surface area (Å²) in [6, 6.07) is 8.89. The second-order valence-corrected chi connectivity index (χ2v) is 9.60. The van der Waals surface area contributed by atoms with Gasteiger partial charge >= 0.3 is 0 Å². The second kappa shape index (κ2) is 6.49. The maximum Gasteiger partial charge on any atom is 0.280 e. The first kappa shape index (κ1) is 18.1. The van der Waals surface area contributed by atoms with Crippen LogP contribution in [0.15, 0.2) is 51.6 Å². The van der Waals surface area contributed by atoms with Crippen molar-refractivity contribution in [3.05, 3.63) is 64.4 Å². The predicted octanol–water partition coefficient (Wildman–Crippen LogP) is 2.63. The molecule has 5 aromatic rings. The summed E-state index contributed by atoms with van der Waals surface area (Å²) >= 11 is 1.78. The number of thiophene rings is 1. The summed E-state index contributed by atoms with van der Waals surface area (Å²) in [7, 11) is 1.78. The molecule has 5 heterocycles. The minimum absolute atomic E-state index is 0.170. The molecule has 0 bridgehead atoms. The molecule has 10 heteroatoms. The molecule has 1 saturated heterocycles.